The Kier molecular flexibility index (Phi) is 370. The van der Waals surface area contributed by atoms with Crippen LogP contribution in [0.2, 0.25) is 0 Å². The Morgan fingerprint density at radius 1 is 0.0794 bits per heavy atom. The van der Waals surface area contributed by atoms with Crippen molar-refractivity contribution < 1.29 is 446 Å². The summed E-state index contributed by atoms with van der Waals surface area (Å²) in [5, 5.41) is 425. The van der Waals surface area contributed by atoms with Crippen LogP contribution in [-0.2, 0) is 0 Å². The summed E-state index contributed by atoms with van der Waals surface area (Å²) in [5.74, 6) is 0. The van der Waals surface area contributed by atoms with Crippen molar-refractivity contribution in [2.24, 2.45) is 0 Å². The Balaban J connectivity index is -0.0000000229. The summed E-state index contributed by atoms with van der Waals surface area (Å²) in [5.41, 5.74) is 0. The van der Waals surface area contributed by atoms with Gasteiger partial charge >= 0.3 is 138 Å². The fraction of sp³-hybridized carbons (Fsp3) is 0. The zero-order valence-corrected chi connectivity index (χ0v) is 67.5. The van der Waals surface area contributed by atoms with Crippen LogP contribution in [0.25, 0.3) is 0 Å². The molecule has 126 heteroatoms. The van der Waals surface area contributed by atoms with Crippen LogP contribution in [-0.4, -0.2) is 309 Å². The number of hydrogen-bond donors (Lipinski definition) is 29. The molecule has 744 valence electrons. The molecule has 0 unspecified atom stereocenters. The first-order chi connectivity index (χ1) is 53.7. The van der Waals surface area contributed by atoms with Gasteiger partial charge in [-0.05, 0) is 0 Å². The van der Waals surface area contributed by atoms with E-state index in [2.05, 4.69) is 0 Å². The van der Waals surface area contributed by atoms with E-state index in [-0.39, 0.29) is 138 Å². The summed E-state index contributed by atoms with van der Waals surface area (Å²) < 4.78 is 0. The molecule has 0 amide bonds. The molecule has 0 aromatic heterocycles. The van der Waals surface area contributed by atoms with Crippen LogP contribution in [0.1, 0.15) is 0 Å². The first-order valence-corrected chi connectivity index (χ1v) is 17.5. The first-order valence-electron chi connectivity index (χ1n) is 17.5. The van der Waals surface area contributed by atoms with E-state index >= 15 is 0 Å². The molecular formula is H29Cs2N31O93. The van der Waals surface area contributed by atoms with Gasteiger partial charge in [-0.1, -0.05) is 0 Å². The number of rotatable bonds is 0. The van der Waals surface area contributed by atoms with Crippen LogP contribution in [0.3, 0.4) is 0 Å². The van der Waals surface area contributed by atoms with E-state index in [9.17, 15) is 0 Å². The van der Waals surface area contributed by atoms with Gasteiger partial charge in [0.2, 0.25) is 0 Å². The third kappa shape index (κ3) is 2520. The molecule has 0 aliphatic heterocycles. The van der Waals surface area contributed by atoms with E-state index in [1.807, 2.05) is 0 Å². The molecule has 0 saturated carbocycles. The minimum atomic E-state index is -1.75. The smallest absolute Gasteiger partial charge is 0.356 e. The van der Waals surface area contributed by atoms with Crippen molar-refractivity contribution in [1.29, 1.82) is 0 Å². The van der Waals surface area contributed by atoms with Crippen LogP contribution in [0.5, 0.6) is 0 Å². The topological polar surface area (TPSA) is 1970 Å². The van der Waals surface area contributed by atoms with Gasteiger partial charge in [0.25, 0.3) is 148 Å². The van der Waals surface area contributed by atoms with Crippen molar-refractivity contribution in [3.63, 3.8) is 0 Å². The molecule has 126 heavy (non-hydrogen) atoms. The second kappa shape index (κ2) is 213. The minimum absolute atomic E-state index is 0. The van der Waals surface area contributed by atoms with Gasteiger partial charge in [0.1, 0.15) is 0 Å². The van der Waals surface area contributed by atoms with Gasteiger partial charge in [-0.2, -0.15) is 0 Å². The van der Waals surface area contributed by atoms with Crippen LogP contribution >= 0.6 is 0 Å². The summed E-state index contributed by atoms with van der Waals surface area (Å²) in [6, 6.07) is 0. The summed E-state index contributed by atoms with van der Waals surface area (Å²) in [7, 11) is 0. The predicted octanol–water partition coefficient (Wildman–Crippen LogP) is -16.6. The van der Waals surface area contributed by atoms with Crippen molar-refractivity contribution in [2.45, 2.75) is 0 Å². The van der Waals surface area contributed by atoms with Crippen molar-refractivity contribution in [3.05, 3.63) is 324 Å². The molecule has 0 aromatic carbocycles. The molecule has 0 saturated heterocycles. The molecule has 0 fully saturated rings. The van der Waals surface area contributed by atoms with Gasteiger partial charge in [-0.25, -0.2) is 0 Å². The van der Waals surface area contributed by atoms with Gasteiger partial charge in [0.15, 0.2) is 0 Å². The van der Waals surface area contributed by atoms with Crippen molar-refractivity contribution >= 4 is 0 Å². The average Bonchev–Trinajstić information content (AvgIpc) is 3.31. The molecule has 0 heterocycles. The fourth-order valence-electron chi connectivity index (χ4n) is 0. The largest absolute Gasteiger partial charge is 1.00 e. The van der Waals surface area contributed by atoms with E-state index in [0.717, 1.165) is 0 Å². The molecule has 0 bridgehead atoms. The minimum Gasteiger partial charge on any atom is -0.356 e. The van der Waals surface area contributed by atoms with E-state index in [1.54, 1.807) is 0 Å². The molecule has 29 N–H and O–H groups in total. The molecule has 0 spiro atoms. The first kappa shape index (κ1) is 219. The van der Waals surface area contributed by atoms with Gasteiger partial charge in [-0.3, -0.25) is 0 Å². The van der Waals surface area contributed by atoms with Crippen LogP contribution < -0.4 is 138 Å². The summed E-state index contributed by atoms with van der Waals surface area (Å²) in [4.78, 5) is 259. The van der Waals surface area contributed by atoms with E-state index in [0.29, 0.717) is 0 Å². The maximum atomic E-state index is 8.36. The molecule has 0 atom stereocenters. The van der Waals surface area contributed by atoms with E-state index in [4.69, 9.17) is 475 Å². The molecule has 0 aliphatic carbocycles. The zero-order valence-electron chi connectivity index (χ0n) is 55.0. The number of nitrogens with zero attached hydrogens (tertiary/aromatic N) is 31. The van der Waals surface area contributed by atoms with Gasteiger partial charge in [0.05, 0.1) is 10.2 Å². The molecular weight excluding hydrogens is 2190 g/mol. The van der Waals surface area contributed by atoms with Gasteiger partial charge < -0.3 is 182 Å². The molecule has 0 rings (SSSR count). The van der Waals surface area contributed by atoms with Gasteiger partial charge in [0, 0.05) is 0 Å². The van der Waals surface area contributed by atoms with Crippen LogP contribution in [0.15, 0.2) is 0 Å². The van der Waals surface area contributed by atoms with Crippen molar-refractivity contribution in [2.75, 3.05) is 0 Å². The Morgan fingerprint density at radius 3 is 0.0794 bits per heavy atom. The monoisotopic (exact) mass is 2220 g/mol. The van der Waals surface area contributed by atoms with E-state index in [1.165, 1.54) is 0 Å². The summed E-state index contributed by atoms with van der Waals surface area (Å²) in [6.07, 6.45) is 0. The van der Waals surface area contributed by atoms with Crippen molar-refractivity contribution in [3.8, 4) is 0 Å². The third-order valence-electron chi connectivity index (χ3n) is 0. The van der Waals surface area contributed by atoms with E-state index < -0.39 is 158 Å². The van der Waals surface area contributed by atoms with Crippen LogP contribution in [0, 0.1) is 324 Å². The Hall–Kier alpha value is -20.7. The zero-order chi connectivity index (χ0) is 111. The second-order valence-corrected chi connectivity index (χ2v) is 7.34. The van der Waals surface area contributed by atoms with Crippen molar-refractivity contribution in [1.82, 2.24) is 0 Å². The normalized spacial score (nSPS) is 5.90. The average molecular weight is 2220 g/mol. The van der Waals surface area contributed by atoms with Crippen LogP contribution in [0.4, 0.5) is 0 Å². The molecule has 0 aromatic rings. The SMILES string of the molecule is O=[N+]([O-])O.O=[N+]([O-])O.O=[N+]([O-])O.O=[N+]([O-])O.O=[N+]([O-])O.O=[N+]([O-])O.O=[N+]([O-])O.O=[N+]([O-])O.O=[N+]([O-])O.O=[N+]([O-])O.O=[N+]([O-])O.O=[N+]([O-])O.O=[N+]([O-])O.O=[N+]([O-])O.O=[N+]([O-])O.O=[N+]([O-])O.O=[N+]([O-])O.O=[N+]([O-])O.O=[N+]([O-])O.O=[N+]([O-])O.O=[N+]([O-])O.O=[N+]([O-])O.O=[N+]([O-])O.O=[N+]([O-])O.O=[N+]([O-])O.O=[N+]([O-])O.O=[N+]([O-])O.O=[N+]([O-])O.O=[N+]([O-])O.O=[N+]([O-])[O-].O=[N+]([O-])[O-].[Cs+].[Cs+]. The Labute approximate surface area is 765 Å². The summed E-state index contributed by atoms with van der Waals surface area (Å²) >= 11 is 0. The van der Waals surface area contributed by atoms with Gasteiger partial charge in [-0.15, -0.1) is 293 Å². The number of hydrogen-bond acceptors (Lipinski definition) is 64. The standard InChI is InChI=1S/2Cs.29HNO3.2NO3/c;;31*2-1(3)4/h;;29*(H,2,3,4);;/q2*+1;;;;;;;;;;;;;;;;;;;;;;;;;;;;;;2*-1. The molecule has 124 nitrogen and oxygen atoms in total. The Bertz CT molecular complexity index is 1750. The molecule has 0 radical (unpaired) electrons. The Morgan fingerprint density at radius 2 is 0.0794 bits per heavy atom. The second-order valence-electron chi connectivity index (χ2n) is 7.34. The predicted molar refractivity (Wildman–Crippen MR) is 275 cm³/mol. The maximum Gasteiger partial charge on any atom is 1.00 e. The quantitative estimate of drug-likeness (QED) is 0.0791. The fourth-order valence-corrected chi connectivity index (χ4v) is 0. The maximum absolute atomic E-state index is 8.36. The molecule has 0 aliphatic rings. The third-order valence-corrected chi connectivity index (χ3v) is 0. The summed E-state index contributed by atoms with van der Waals surface area (Å²) in [6.45, 7) is 0.